The zero-order valence-electron chi connectivity index (χ0n) is 20.0. The van der Waals surface area contributed by atoms with E-state index in [9.17, 15) is 9.59 Å². The Kier molecular flexibility index (Phi) is 6.35. The highest BCUT2D eigenvalue weighted by molar-refractivity contribution is 6.08. The standard InChI is InChI=1S/C25H32N6O2/c1-6-7-17-8-15(4)29-25(33)21(17)13-26-24(32)20-9-18(19-11-27-28-12-19)10-22-23(20)16(5)30-31(22)14(2)3/h8-11,14,19,28H,6-7,12-13H2,1-5H3,(H,26,32)(H,29,33). The minimum Gasteiger partial charge on any atom is -0.348 e. The zero-order chi connectivity index (χ0) is 23.7. The number of benzene rings is 1. The quantitative estimate of drug-likeness (QED) is 0.515. The summed E-state index contributed by atoms with van der Waals surface area (Å²) in [6.45, 7) is 10.9. The molecule has 4 rings (SSSR count). The maximum absolute atomic E-state index is 13.5. The van der Waals surface area contributed by atoms with E-state index in [-0.39, 0.29) is 30.0 Å². The van der Waals surface area contributed by atoms with Crippen LogP contribution in [0.1, 0.15) is 77.6 Å². The number of hydrazone groups is 1. The monoisotopic (exact) mass is 448 g/mol. The molecule has 33 heavy (non-hydrogen) atoms. The number of hydrogen-bond donors (Lipinski definition) is 3. The topological polar surface area (TPSA) is 104 Å². The highest BCUT2D eigenvalue weighted by Crippen LogP contribution is 2.30. The number of aromatic nitrogens is 3. The Bertz CT molecular complexity index is 1280. The molecule has 1 aromatic carbocycles. The first kappa shape index (κ1) is 22.8. The average molecular weight is 449 g/mol. The van der Waals surface area contributed by atoms with E-state index in [0.717, 1.165) is 46.3 Å². The smallest absolute Gasteiger partial charge is 0.253 e. The maximum atomic E-state index is 13.5. The maximum Gasteiger partial charge on any atom is 0.253 e. The SMILES string of the molecule is CCCc1cc(C)[nH]c(=O)c1CNC(=O)c1cc(C2C=NNC2)cc2c1c(C)nn2C(C)C. The van der Waals surface area contributed by atoms with Crippen LogP contribution in [0.2, 0.25) is 0 Å². The molecule has 3 aromatic rings. The van der Waals surface area contributed by atoms with Crippen molar-refractivity contribution in [1.82, 2.24) is 25.5 Å². The van der Waals surface area contributed by atoms with Gasteiger partial charge in [-0.2, -0.15) is 10.2 Å². The van der Waals surface area contributed by atoms with Crippen molar-refractivity contribution in [3.05, 3.63) is 62.2 Å². The molecule has 0 bridgehead atoms. The van der Waals surface area contributed by atoms with Gasteiger partial charge in [0.05, 0.1) is 16.8 Å². The summed E-state index contributed by atoms with van der Waals surface area (Å²) in [5.74, 6) is -0.119. The lowest BCUT2D eigenvalue weighted by Gasteiger charge is -2.14. The Balaban J connectivity index is 1.74. The van der Waals surface area contributed by atoms with Crippen LogP contribution in [0.3, 0.4) is 0 Å². The van der Waals surface area contributed by atoms with E-state index >= 15 is 0 Å². The molecule has 1 aliphatic heterocycles. The predicted octanol–water partition coefficient (Wildman–Crippen LogP) is 3.48. The summed E-state index contributed by atoms with van der Waals surface area (Å²) in [5.41, 5.74) is 8.62. The summed E-state index contributed by atoms with van der Waals surface area (Å²) in [7, 11) is 0. The van der Waals surface area contributed by atoms with Crippen molar-refractivity contribution in [3.8, 4) is 0 Å². The van der Waals surface area contributed by atoms with Crippen molar-refractivity contribution < 1.29 is 4.79 Å². The summed E-state index contributed by atoms with van der Waals surface area (Å²) in [6.07, 6.45) is 3.59. The number of amides is 1. The molecule has 1 amide bonds. The average Bonchev–Trinajstić information content (AvgIpc) is 3.41. The molecule has 0 saturated carbocycles. The van der Waals surface area contributed by atoms with E-state index in [2.05, 4.69) is 47.7 Å². The van der Waals surface area contributed by atoms with Gasteiger partial charge in [-0.05, 0) is 63.4 Å². The molecule has 0 saturated heterocycles. The largest absolute Gasteiger partial charge is 0.348 e. The molecule has 0 radical (unpaired) electrons. The van der Waals surface area contributed by atoms with Crippen LogP contribution in [0.15, 0.2) is 28.1 Å². The summed E-state index contributed by atoms with van der Waals surface area (Å²) < 4.78 is 1.97. The Morgan fingerprint density at radius 2 is 2.06 bits per heavy atom. The minimum absolute atomic E-state index is 0.0906. The number of aromatic amines is 1. The fourth-order valence-corrected chi connectivity index (χ4v) is 4.55. The fraction of sp³-hybridized carbons (Fsp3) is 0.440. The lowest BCUT2D eigenvalue weighted by Crippen LogP contribution is -2.28. The first-order valence-electron chi connectivity index (χ1n) is 11.6. The molecule has 3 N–H and O–H groups in total. The van der Waals surface area contributed by atoms with Gasteiger partial charge in [-0.25, -0.2) is 0 Å². The van der Waals surface area contributed by atoms with Crippen LogP contribution < -0.4 is 16.3 Å². The van der Waals surface area contributed by atoms with Crippen molar-refractivity contribution in [1.29, 1.82) is 0 Å². The van der Waals surface area contributed by atoms with Gasteiger partial charge < -0.3 is 15.7 Å². The number of nitrogens with one attached hydrogen (secondary N) is 3. The van der Waals surface area contributed by atoms with Gasteiger partial charge in [-0.3, -0.25) is 14.3 Å². The van der Waals surface area contributed by atoms with Gasteiger partial charge in [0.15, 0.2) is 0 Å². The summed E-state index contributed by atoms with van der Waals surface area (Å²) in [6, 6.07) is 6.20. The summed E-state index contributed by atoms with van der Waals surface area (Å²) in [5, 5.41) is 12.7. The number of aryl methyl sites for hydroxylation is 3. The van der Waals surface area contributed by atoms with Gasteiger partial charge in [-0.15, -0.1) is 0 Å². The van der Waals surface area contributed by atoms with Crippen molar-refractivity contribution >= 4 is 23.0 Å². The Labute approximate surface area is 193 Å². The first-order valence-corrected chi connectivity index (χ1v) is 11.6. The molecule has 1 unspecified atom stereocenters. The van der Waals surface area contributed by atoms with Crippen molar-refractivity contribution in [2.75, 3.05) is 6.54 Å². The second-order valence-corrected chi connectivity index (χ2v) is 9.05. The van der Waals surface area contributed by atoms with Crippen molar-refractivity contribution in [2.45, 2.75) is 66.0 Å². The molecule has 2 aromatic heterocycles. The van der Waals surface area contributed by atoms with Gasteiger partial charge >= 0.3 is 0 Å². The first-order chi connectivity index (χ1) is 15.8. The third-order valence-electron chi connectivity index (χ3n) is 6.13. The van der Waals surface area contributed by atoms with E-state index in [1.54, 1.807) is 0 Å². The van der Waals surface area contributed by atoms with E-state index in [1.807, 2.05) is 36.9 Å². The summed E-state index contributed by atoms with van der Waals surface area (Å²) in [4.78, 5) is 28.9. The molecule has 1 atom stereocenters. The van der Waals surface area contributed by atoms with Crippen LogP contribution in [0.4, 0.5) is 0 Å². The van der Waals surface area contributed by atoms with Crippen molar-refractivity contribution in [2.24, 2.45) is 5.10 Å². The number of pyridine rings is 1. The highest BCUT2D eigenvalue weighted by atomic mass is 16.1. The van der Waals surface area contributed by atoms with E-state index in [0.29, 0.717) is 17.7 Å². The molecule has 174 valence electrons. The number of nitrogens with zero attached hydrogens (tertiary/aromatic N) is 3. The molecular weight excluding hydrogens is 416 g/mol. The Morgan fingerprint density at radius 1 is 1.27 bits per heavy atom. The van der Waals surface area contributed by atoms with Crippen molar-refractivity contribution in [3.63, 3.8) is 0 Å². The van der Waals surface area contributed by atoms with Gasteiger partial charge in [0.2, 0.25) is 0 Å². The number of rotatable bonds is 7. The molecule has 0 spiro atoms. The van der Waals surface area contributed by atoms with Gasteiger partial charge in [-0.1, -0.05) is 13.3 Å². The van der Waals surface area contributed by atoms with E-state index in [1.165, 1.54) is 0 Å². The van der Waals surface area contributed by atoms with Crippen LogP contribution in [0.5, 0.6) is 0 Å². The van der Waals surface area contributed by atoms with Crippen LogP contribution in [0.25, 0.3) is 10.9 Å². The lowest BCUT2D eigenvalue weighted by molar-refractivity contribution is 0.0952. The van der Waals surface area contributed by atoms with Crippen LogP contribution in [-0.2, 0) is 13.0 Å². The number of hydrogen-bond acceptors (Lipinski definition) is 5. The fourth-order valence-electron chi connectivity index (χ4n) is 4.55. The third kappa shape index (κ3) is 4.42. The Hall–Kier alpha value is -3.42. The third-order valence-corrected chi connectivity index (χ3v) is 6.13. The van der Waals surface area contributed by atoms with Crippen LogP contribution >= 0.6 is 0 Å². The number of carbonyl (C=O) groups is 1. The normalized spacial score (nSPS) is 15.4. The molecule has 1 aliphatic rings. The van der Waals surface area contributed by atoms with E-state index < -0.39 is 0 Å². The summed E-state index contributed by atoms with van der Waals surface area (Å²) >= 11 is 0. The second kappa shape index (κ2) is 9.21. The molecule has 0 fully saturated rings. The molecule has 3 heterocycles. The molecule has 8 heteroatoms. The molecule has 0 aliphatic carbocycles. The highest BCUT2D eigenvalue weighted by Gasteiger charge is 2.23. The molecular formula is C25H32N6O2. The van der Waals surface area contributed by atoms with Gasteiger partial charge in [0, 0.05) is 47.9 Å². The van der Waals surface area contributed by atoms with Crippen LogP contribution in [0, 0.1) is 13.8 Å². The van der Waals surface area contributed by atoms with E-state index in [4.69, 9.17) is 5.10 Å². The zero-order valence-corrected chi connectivity index (χ0v) is 20.0. The minimum atomic E-state index is -0.210. The van der Waals surface area contributed by atoms with Gasteiger partial charge in [0.1, 0.15) is 0 Å². The lowest BCUT2D eigenvalue weighted by atomic mass is 9.95. The number of fused-ring (bicyclic) bond motifs is 1. The Morgan fingerprint density at radius 3 is 2.73 bits per heavy atom. The van der Waals surface area contributed by atoms with Gasteiger partial charge in [0.25, 0.3) is 11.5 Å². The predicted molar refractivity (Wildman–Crippen MR) is 131 cm³/mol. The van der Waals surface area contributed by atoms with Crippen LogP contribution in [-0.4, -0.2) is 33.4 Å². The number of H-pyrrole nitrogens is 1. The molecule has 8 nitrogen and oxygen atoms in total. The second-order valence-electron chi connectivity index (χ2n) is 9.05. The number of carbonyl (C=O) groups excluding carboxylic acids is 1.